The van der Waals surface area contributed by atoms with E-state index in [1.54, 1.807) is 12.1 Å². The predicted octanol–water partition coefficient (Wildman–Crippen LogP) is 1.07. The van der Waals surface area contributed by atoms with Crippen LogP contribution in [0.4, 0.5) is 5.69 Å². The van der Waals surface area contributed by atoms with Crippen molar-refractivity contribution in [2.75, 3.05) is 11.9 Å². The van der Waals surface area contributed by atoms with E-state index in [4.69, 9.17) is 0 Å². The van der Waals surface area contributed by atoms with E-state index in [9.17, 15) is 14.7 Å². The number of benzene rings is 1. The maximum atomic E-state index is 11.6. The molecule has 0 aliphatic carbocycles. The highest BCUT2D eigenvalue weighted by Gasteiger charge is 2.16. The molecule has 0 heterocycles. The molecule has 5 nitrogen and oxygen atoms in total. The van der Waals surface area contributed by atoms with Crippen LogP contribution in [0.2, 0.25) is 0 Å². The Balaban J connectivity index is 2.45. The Morgan fingerprint density at radius 3 is 2.26 bits per heavy atom. The first kappa shape index (κ1) is 15.2. The fourth-order valence-corrected chi connectivity index (χ4v) is 1.34. The molecule has 0 saturated heterocycles. The van der Waals surface area contributed by atoms with Gasteiger partial charge in [-0.1, -0.05) is 31.5 Å². The summed E-state index contributed by atoms with van der Waals surface area (Å²) in [4.78, 5) is 23.1. The molecule has 0 aliphatic rings. The summed E-state index contributed by atoms with van der Waals surface area (Å²) in [5, 5.41) is 14.4. The molecular weight excluding hydrogens is 244 g/mol. The van der Waals surface area contributed by atoms with Gasteiger partial charge < -0.3 is 15.7 Å². The van der Waals surface area contributed by atoms with Crippen molar-refractivity contribution in [1.82, 2.24) is 5.32 Å². The largest absolute Gasteiger partial charge is 0.391 e. The number of anilines is 1. The number of carbonyl (C=O) groups excluding carboxylic acids is 2. The van der Waals surface area contributed by atoms with Crippen LogP contribution in [0.25, 0.3) is 0 Å². The van der Waals surface area contributed by atoms with Gasteiger partial charge >= 0.3 is 11.8 Å². The summed E-state index contributed by atoms with van der Waals surface area (Å²) in [6, 6.07) is 7.14. The van der Waals surface area contributed by atoms with Crippen LogP contribution in [0.5, 0.6) is 0 Å². The number of amides is 2. The Bertz CT molecular complexity index is 441. The van der Waals surface area contributed by atoms with Crippen molar-refractivity contribution in [3.8, 4) is 0 Å². The van der Waals surface area contributed by atoms with Crippen molar-refractivity contribution in [3.63, 3.8) is 0 Å². The van der Waals surface area contributed by atoms with Gasteiger partial charge in [0.15, 0.2) is 0 Å². The Labute approximate surface area is 113 Å². The summed E-state index contributed by atoms with van der Waals surface area (Å²) in [7, 11) is 0. The molecule has 0 aromatic heterocycles. The summed E-state index contributed by atoms with van der Waals surface area (Å²) < 4.78 is 0. The lowest BCUT2D eigenvalue weighted by Gasteiger charge is -2.14. The van der Waals surface area contributed by atoms with Crippen LogP contribution < -0.4 is 10.6 Å². The molecule has 1 aromatic carbocycles. The Morgan fingerprint density at radius 2 is 1.74 bits per heavy atom. The quantitative estimate of drug-likeness (QED) is 0.712. The van der Waals surface area contributed by atoms with Gasteiger partial charge in [-0.2, -0.15) is 0 Å². The first-order valence-corrected chi connectivity index (χ1v) is 6.24. The average Bonchev–Trinajstić information content (AvgIpc) is 2.37. The standard InChI is InChI=1S/C14H20N2O3/c1-9(2)12(17)8-15-13(18)14(19)16-11-6-4-10(3)5-7-11/h4-7,9,12,17H,8H2,1-3H3,(H,15,18)(H,16,19). The molecule has 0 aliphatic heterocycles. The predicted molar refractivity (Wildman–Crippen MR) is 73.7 cm³/mol. The Kier molecular flexibility index (Phi) is 5.51. The van der Waals surface area contributed by atoms with E-state index in [1.165, 1.54) is 0 Å². The highest BCUT2D eigenvalue weighted by atomic mass is 16.3. The molecule has 1 aromatic rings. The van der Waals surface area contributed by atoms with Gasteiger partial charge in [0, 0.05) is 12.2 Å². The second-order valence-electron chi connectivity index (χ2n) is 4.84. The third-order valence-electron chi connectivity index (χ3n) is 2.76. The van der Waals surface area contributed by atoms with Gasteiger partial charge in [0.1, 0.15) is 0 Å². The zero-order valence-electron chi connectivity index (χ0n) is 11.4. The summed E-state index contributed by atoms with van der Waals surface area (Å²) in [5.74, 6) is -1.46. The van der Waals surface area contributed by atoms with E-state index in [2.05, 4.69) is 10.6 Å². The first-order chi connectivity index (χ1) is 8.90. The number of hydrogen-bond donors (Lipinski definition) is 3. The molecule has 0 bridgehead atoms. The summed E-state index contributed by atoms with van der Waals surface area (Å²) in [5.41, 5.74) is 1.64. The summed E-state index contributed by atoms with van der Waals surface area (Å²) in [6.45, 7) is 5.68. The monoisotopic (exact) mass is 264 g/mol. The second-order valence-corrected chi connectivity index (χ2v) is 4.84. The van der Waals surface area contributed by atoms with E-state index in [1.807, 2.05) is 32.9 Å². The number of carbonyl (C=O) groups is 2. The maximum absolute atomic E-state index is 11.6. The van der Waals surface area contributed by atoms with Crippen LogP contribution in [0.15, 0.2) is 24.3 Å². The fourth-order valence-electron chi connectivity index (χ4n) is 1.34. The van der Waals surface area contributed by atoms with E-state index in [0.717, 1.165) is 5.56 Å². The highest BCUT2D eigenvalue weighted by Crippen LogP contribution is 2.08. The van der Waals surface area contributed by atoms with Gasteiger partial charge in [-0.15, -0.1) is 0 Å². The Morgan fingerprint density at radius 1 is 1.16 bits per heavy atom. The van der Waals surface area contributed by atoms with Crippen LogP contribution in [-0.2, 0) is 9.59 Å². The van der Waals surface area contributed by atoms with Crippen LogP contribution in [-0.4, -0.2) is 29.6 Å². The molecule has 1 rings (SSSR count). The lowest BCUT2D eigenvalue weighted by Crippen LogP contribution is -2.40. The molecule has 19 heavy (non-hydrogen) atoms. The molecule has 1 atom stereocenters. The van der Waals surface area contributed by atoms with Gasteiger partial charge in [0.05, 0.1) is 6.10 Å². The maximum Gasteiger partial charge on any atom is 0.313 e. The third-order valence-corrected chi connectivity index (χ3v) is 2.76. The Hall–Kier alpha value is -1.88. The van der Waals surface area contributed by atoms with E-state index in [-0.39, 0.29) is 12.5 Å². The van der Waals surface area contributed by atoms with Gasteiger partial charge in [0.2, 0.25) is 0 Å². The van der Waals surface area contributed by atoms with E-state index >= 15 is 0 Å². The SMILES string of the molecule is Cc1ccc(NC(=O)C(=O)NCC(O)C(C)C)cc1. The number of aryl methyl sites for hydroxylation is 1. The lowest BCUT2D eigenvalue weighted by atomic mass is 10.1. The molecule has 0 radical (unpaired) electrons. The van der Waals surface area contributed by atoms with Crippen LogP contribution in [0, 0.1) is 12.8 Å². The fraction of sp³-hybridized carbons (Fsp3) is 0.429. The van der Waals surface area contributed by atoms with Crippen LogP contribution >= 0.6 is 0 Å². The molecule has 0 spiro atoms. The van der Waals surface area contributed by atoms with E-state index in [0.29, 0.717) is 5.69 Å². The normalized spacial score (nSPS) is 12.1. The molecule has 2 amide bonds. The van der Waals surface area contributed by atoms with Crippen LogP contribution in [0.1, 0.15) is 19.4 Å². The first-order valence-electron chi connectivity index (χ1n) is 6.24. The van der Waals surface area contributed by atoms with E-state index < -0.39 is 17.9 Å². The van der Waals surface area contributed by atoms with Crippen molar-refractivity contribution in [2.45, 2.75) is 26.9 Å². The van der Waals surface area contributed by atoms with Gasteiger partial charge in [-0.25, -0.2) is 0 Å². The molecule has 0 fully saturated rings. The molecule has 0 saturated carbocycles. The smallest absolute Gasteiger partial charge is 0.313 e. The molecule has 3 N–H and O–H groups in total. The highest BCUT2D eigenvalue weighted by molar-refractivity contribution is 6.39. The number of nitrogens with one attached hydrogen (secondary N) is 2. The minimum absolute atomic E-state index is 0.0282. The minimum atomic E-state index is -0.750. The second kappa shape index (κ2) is 6.89. The van der Waals surface area contributed by atoms with Gasteiger partial charge in [-0.3, -0.25) is 9.59 Å². The van der Waals surface area contributed by atoms with Crippen molar-refractivity contribution in [1.29, 1.82) is 0 Å². The summed E-state index contributed by atoms with van der Waals surface area (Å²) in [6.07, 6.45) is -0.656. The van der Waals surface area contributed by atoms with Crippen molar-refractivity contribution in [3.05, 3.63) is 29.8 Å². The molecule has 1 unspecified atom stereocenters. The van der Waals surface area contributed by atoms with Gasteiger partial charge in [-0.05, 0) is 25.0 Å². The number of rotatable bonds is 4. The van der Waals surface area contributed by atoms with Crippen molar-refractivity contribution < 1.29 is 14.7 Å². The third kappa shape index (κ3) is 5.09. The number of aliphatic hydroxyl groups excluding tert-OH is 1. The minimum Gasteiger partial charge on any atom is -0.391 e. The zero-order valence-corrected chi connectivity index (χ0v) is 11.4. The van der Waals surface area contributed by atoms with Crippen molar-refractivity contribution >= 4 is 17.5 Å². The zero-order chi connectivity index (χ0) is 14.4. The molecular formula is C14H20N2O3. The van der Waals surface area contributed by atoms with Crippen LogP contribution in [0.3, 0.4) is 0 Å². The number of hydrogen-bond acceptors (Lipinski definition) is 3. The lowest BCUT2D eigenvalue weighted by molar-refractivity contribution is -0.136. The average molecular weight is 264 g/mol. The summed E-state index contributed by atoms with van der Waals surface area (Å²) >= 11 is 0. The number of aliphatic hydroxyl groups is 1. The molecule has 5 heteroatoms. The molecule has 104 valence electrons. The topological polar surface area (TPSA) is 78.4 Å². The van der Waals surface area contributed by atoms with Crippen molar-refractivity contribution in [2.24, 2.45) is 5.92 Å². The van der Waals surface area contributed by atoms with Gasteiger partial charge in [0.25, 0.3) is 0 Å².